The Hall–Kier alpha value is -0.510. The van der Waals surface area contributed by atoms with Crippen molar-refractivity contribution in [2.24, 2.45) is 11.7 Å². The molecule has 57 valence electrons. The summed E-state index contributed by atoms with van der Waals surface area (Å²) >= 11 is 3.83. The number of primary amides is 1. The molecule has 0 saturated carbocycles. The maximum Gasteiger partial charge on any atom is 0.220 e. The summed E-state index contributed by atoms with van der Waals surface area (Å²) in [5.74, 6) is -0.710. The van der Waals surface area contributed by atoms with Crippen molar-refractivity contribution in [3.8, 4) is 0 Å². The SMILES string of the molecule is CC(C[C@H](S)[C]=O)C(N)=O. The van der Waals surface area contributed by atoms with Crippen LogP contribution in [0.5, 0.6) is 0 Å². The minimum atomic E-state index is -0.498. The average molecular weight is 160 g/mol. The predicted octanol–water partition coefficient (Wildman–Crippen LogP) is -0.0940. The van der Waals surface area contributed by atoms with Crippen LogP contribution >= 0.6 is 12.6 Å². The first-order valence-corrected chi connectivity index (χ1v) is 3.44. The Kier molecular flexibility index (Phi) is 4.11. The molecule has 0 aliphatic heterocycles. The summed E-state index contributed by atoms with van der Waals surface area (Å²) in [5, 5.41) is -0.498. The summed E-state index contributed by atoms with van der Waals surface area (Å²) in [7, 11) is 0. The Balaban J connectivity index is 3.67. The summed E-state index contributed by atoms with van der Waals surface area (Å²) in [6.07, 6.45) is 2.02. The molecular formula is C6H10NO2S. The van der Waals surface area contributed by atoms with Crippen LogP contribution in [0.1, 0.15) is 13.3 Å². The minimum Gasteiger partial charge on any atom is -0.369 e. The van der Waals surface area contributed by atoms with E-state index in [1.165, 1.54) is 0 Å². The topological polar surface area (TPSA) is 60.2 Å². The Bertz CT molecular complexity index is 138. The maximum absolute atomic E-state index is 10.4. The van der Waals surface area contributed by atoms with E-state index in [0.717, 1.165) is 0 Å². The van der Waals surface area contributed by atoms with E-state index in [9.17, 15) is 9.59 Å². The maximum atomic E-state index is 10.4. The van der Waals surface area contributed by atoms with Crippen LogP contribution in [-0.4, -0.2) is 17.4 Å². The third kappa shape index (κ3) is 3.50. The van der Waals surface area contributed by atoms with Gasteiger partial charge in [-0.1, -0.05) is 6.92 Å². The number of amides is 1. The molecule has 0 aromatic carbocycles. The standard InChI is InChI=1S/C6H10NO2S/c1-4(6(7)9)2-5(10)3-8/h4-5,10H,2H2,1H3,(H2,7,9)/t4?,5-/m0/s1. The fourth-order valence-corrected chi connectivity index (χ4v) is 0.815. The van der Waals surface area contributed by atoms with E-state index in [4.69, 9.17) is 5.73 Å². The Labute approximate surface area is 65.4 Å². The number of rotatable bonds is 4. The lowest BCUT2D eigenvalue weighted by molar-refractivity contribution is -0.121. The van der Waals surface area contributed by atoms with E-state index in [1.54, 1.807) is 13.2 Å². The number of hydrogen-bond donors (Lipinski definition) is 2. The van der Waals surface area contributed by atoms with Crippen LogP contribution < -0.4 is 5.73 Å². The zero-order chi connectivity index (χ0) is 8.15. The second kappa shape index (κ2) is 4.33. The third-order valence-corrected chi connectivity index (χ3v) is 1.51. The second-order valence-corrected chi connectivity index (χ2v) is 2.80. The molecule has 2 atom stereocenters. The van der Waals surface area contributed by atoms with E-state index in [-0.39, 0.29) is 5.92 Å². The molecule has 0 aromatic heterocycles. The molecule has 3 nitrogen and oxygen atoms in total. The van der Waals surface area contributed by atoms with Crippen molar-refractivity contribution in [2.75, 3.05) is 0 Å². The first-order chi connectivity index (χ1) is 4.57. The normalized spacial score (nSPS) is 15.8. The van der Waals surface area contributed by atoms with Gasteiger partial charge in [-0.3, -0.25) is 9.59 Å². The number of hydrogen-bond acceptors (Lipinski definition) is 3. The molecule has 0 saturated heterocycles. The highest BCUT2D eigenvalue weighted by molar-refractivity contribution is 7.81. The van der Waals surface area contributed by atoms with Crippen LogP contribution in [0, 0.1) is 5.92 Å². The first-order valence-electron chi connectivity index (χ1n) is 2.93. The second-order valence-electron chi connectivity index (χ2n) is 2.17. The monoisotopic (exact) mass is 160 g/mol. The smallest absolute Gasteiger partial charge is 0.220 e. The Morgan fingerprint density at radius 1 is 1.80 bits per heavy atom. The van der Waals surface area contributed by atoms with E-state index in [1.807, 2.05) is 0 Å². The van der Waals surface area contributed by atoms with Gasteiger partial charge in [0.15, 0.2) is 0 Å². The van der Waals surface area contributed by atoms with Gasteiger partial charge in [-0.15, -0.1) is 0 Å². The highest BCUT2D eigenvalue weighted by atomic mass is 32.1. The van der Waals surface area contributed by atoms with Crippen LogP contribution in [0.15, 0.2) is 0 Å². The molecule has 2 N–H and O–H groups in total. The van der Waals surface area contributed by atoms with Crippen molar-refractivity contribution >= 4 is 24.8 Å². The third-order valence-electron chi connectivity index (χ3n) is 1.20. The molecule has 0 aliphatic carbocycles. The molecule has 0 aliphatic rings. The van der Waals surface area contributed by atoms with Crippen LogP contribution in [0.25, 0.3) is 0 Å². The van der Waals surface area contributed by atoms with Gasteiger partial charge in [0.1, 0.15) is 0 Å². The van der Waals surface area contributed by atoms with Crippen molar-refractivity contribution in [2.45, 2.75) is 18.6 Å². The van der Waals surface area contributed by atoms with Crippen molar-refractivity contribution in [3.63, 3.8) is 0 Å². The zero-order valence-corrected chi connectivity index (χ0v) is 6.60. The summed E-state index contributed by atoms with van der Waals surface area (Å²) in [5.41, 5.74) is 4.94. The summed E-state index contributed by atoms with van der Waals surface area (Å²) in [6, 6.07) is 0. The molecule has 0 aromatic rings. The first kappa shape index (κ1) is 9.49. The number of carbonyl (C=O) groups is 1. The average Bonchev–Trinajstić information content (AvgIpc) is 1.87. The van der Waals surface area contributed by atoms with E-state index in [0.29, 0.717) is 6.42 Å². The molecule has 10 heavy (non-hydrogen) atoms. The summed E-state index contributed by atoms with van der Waals surface area (Å²) in [4.78, 5) is 20.3. The van der Waals surface area contributed by atoms with E-state index >= 15 is 0 Å². The van der Waals surface area contributed by atoms with Gasteiger partial charge in [0.25, 0.3) is 0 Å². The molecule has 1 radical (unpaired) electrons. The molecule has 1 unspecified atom stereocenters. The van der Waals surface area contributed by atoms with Gasteiger partial charge in [-0.2, -0.15) is 12.6 Å². The van der Waals surface area contributed by atoms with Crippen LogP contribution in [0.2, 0.25) is 0 Å². The highest BCUT2D eigenvalue weighted by Crippen LogP contribution is 2.07. The number of nitrogens with two attached hydrogens (primary N) is 1. The van der Waals surface area contributed by atoms with Gasteiger partial charge < -0.3 is 5.73 Å². The van der Waals surface area contributed by atoms with E-state index < -0.39 is 11.2 Å². The fourth-order valence-electron chi connectivity index (χ4n) is 0.499. The van der Waals surface area contributed by atoms with Gasteiger partial charge in [0.2, 0.25) is 12.2 Å². The van der Waals surface area contributed by atoms with Crippen LogP contribution in [0.4, 0.5) is 0 Å². The van der Waals surface area contributed by atoms with Crippen molar-refractivity contribution in [3.05, 3.63) is 0 Å². The molecule has 0 spiro atoms. The fraction of sp³-hybridized carbons (Fsp3) is 0.667. The van der Waals surface area contributed by atoms with Crippen LogP contribution in [-0.2, 0) is 9.59 Å². The molecule has 1 amide bonds. The molecule has 0 heterocycles. The van der Waals surface area contributed by atoms with Crippen LogP contribution in [0.3, 0.4) is 0 Å². The largest absolute Gasteiger partial charge is 0.369 e. The van der Waals surface area contributed by atoms with Crippen molar-refractivity contribution < 1.29 is 9.59 Å². The van der Waals surface area contributed by atoms with Gasteiger partial charge in [-0.25, -0.2) is 0 Å². The van der Waals surface area contributed by atoms with Gasteiger partial charge in [-0.05, 0) is 6.42 Å². The zero-order valence-electron chi connectivity index (χ0n) is 5.70. The summed E-state index contributed by atoms with van der Waals surface area (Å²) < 4.78 is 0. The number of thiol groups is 1. The van der Waals surface area contributed by atoms with Gasteiger partial charge in [0.05, 0.1) is 5.25 Å². The minimum absolute atomic E-state index is 0.302. The lowest BCUT2D eigenvalue weighted by Gasteiger charge is -2.06. The Morgan fingerprint density at radius 2 is 2.30 bits per heavy atom. The lowest BCUT2D eigenvalue weighted by Crippen LogP contribution is -2.23. The molecule has 0 rings (SSSR count). The number of carbonyl (C=O) groups excluding carboxylic acids is 2. The van der Waals surface area contributed by atoms with E-state index in [2.05, 4.69) is 12.6 Å². The molecule has 0 fully saturated rings. The Morgan fingerprint density at radius 3 is 2.60 bits per heavy atom. The predicted molar refractivity (Wildman–Crippen MR) is 41.4 cm³/mol. The van der Waals surface area contributed by atoms with Crippen molar-refractivity contribution in [1.29, 1.82) is 0 Å². The van der Waals surface area contributed by atoms with Gasteiger partial charge >= 0.3 is 0 Å². The summed E-state index contributed by atoms with van der Waals surface area (Å²) in [6.45, 7) is 1.66. The van der Waals surface area contributed by atoms with Gasteiger partial charge in [0, 0.05) is 5.92 Å². The molecular weight excluding hydrogens is 150 g/mol. The lowest BCUT2D eigenvalue weighted by atomic mass is 10.1. The molecule has 4 heteroatoms. The molecule has 0 bridgehead atoms. The highest BCUT2D eigenvalue weighted by Gasteiger charge is 2.13. The van der Waals surface area contributed by atoms with Crippen molar-refractivity contribution in [1.82, 2.24) is 0 Å². The quantitative estimate of drug-likeness (QED) is 0.564.